The lowest BCUT2D eigenvalue weighted by molar-refractivity contribution is -0.136. The van der Waals surface area contributed by atoms with E-state index in [9.17, 15) is 19.2 Å². The molecule has 0 aliphatic carbocycles. The molecule has 11 nitrogen and oxygen atoms in total. The highest BCUT2D eigenvalue weighted by atomic mass is 16.5. The van der Waals surface area contributed by atoms with Gasteiger partial charge in [-0.1, -0.05) is 25.5 Å². The number of ether oxygens (including phenoxy) is 3. The summed E-state index contributed by atoms with van der Waals surface area (Å²) in [7, 11) is 0. The number of para-hydroxylation sites is 1. The molecule has 1 saturated heterocycles. The summed E-state index contributed by atoms with van der Waals surface area (Å²) < 4.78 is 16.3. The van der Waals surface area contributed by atoms with Crippen LogP contribution in [0.15, 0.2) is 77.9 Å². The minimum Gasteiger partial charge on any atom is -0.494 e. The second kappa shape index (κ2) is 15.1. The number of anilines is 1. The molecule has 4 rings (SSSR count). The molecular weight excluding hydrogens is 540 g/mol. The molecule has 0 radical (unpaired) electrons. The molecule has 42 heavy (non-hydrogen) atoms. The van der Waals surface area contributed by atoms with Crippen LogP contribution in [0.4, 0.5) is 5.69 Å². The molecule has 3 aromatic carbocycles. The maximum Gasteiger partial charge on any atom is 0.343 e. The molecule has 0 unspecified atom stereocenters. The van der Waals surface area contributed by atoms with Crippen molar-refractivity contribution < 1.29 is 33.4 Å². The minimum atomic E-state index is -1.01. The highest BCUT2D eigenvalue weighted by Crippen LogP contribution is 2.19. The third kappa shape index (κ3) is 8.48. The normalized spacial score (nSPS) is 12.9. The number of hydrogen-bond donors (Lipinski definition) is 2. The zero-order valence-corrected chi connectivity index (χ0v) is 23.2. The lowest BCUT2D eigenvalue weighted by Gasteiger charge is -2.27. The second-order valence-electron chi connectivity index (χ2n) is 9.29. The monoisotopic (exact) mass is 572 g/mol. The molecule has 3 aromatic rings. The molecule has 0 bridgehead atoms. The van der Waals surface area contributed by atoms with Gasteiger partial charge >= 0.3 is 17.8 Å². The summed E-state index contributed by atoms with van der Waals surface area (Å²) in [5, 5.41) is 6.29. The van der Waals surface area contributed by atoms with Gasteiger partial charge in [-0.05, 0) is 72.6 Å². The van der Waals surface area contributed by atoms with Gasteiger partial charge in [-0.15, -0.1) is 0 Å². The van der Waals surface area contributed by atoms with E-state index in [1.807, 2.05) is 0 Å². The fourth-order valence-electron chi connectivity index (χ4n) is 3.92. The Labute approximate surface area is 243 Å². The first-order valence-corrected chi connectivity index (χ1v) is 13.6. The predicted octanol–water partition coefficient (Wildman–Crippen LogP) is 3.65. The molecule has 1 aliphatic rings. The molecule has 0 atom stereocenters. The van der Waals surface area contributed by atoms with Gasteiger partial charge in [0.25, 0.3) is 5.91 Å². The number of nitrogens with one attached hydrogen (secondary N) is 2. The van der Waals surface area contributed by atoms with Crippen LogP contribution in [0.25, 0.3) is 0 Å². The Morgan fingerprint density at radius 2 is 1.60 bits per heavy atom. The molecule has 2 N–H and O–H groups in total. The number of amides is 3. The van der Waals surface area contributed by atoms with Crippen molar-refractivity contribution in [3.8, 4) is 11.5 Å². The molecule has 0 spiro atoms. The molecule has 0 saturated carbocycles. The van der Waals surface area contributed by atoms with Crippen molar-refractivity contribution in [2.45, 2.75) is 19.8 Å². The zero-order valence-electron chi connectivity index (χ0n) is 23.2. The molecular formula is C31H32N4O7. The lowest BCUT2D eigenvalue weighted by atomic mass is 10.1. The SMILES string of the molecule is CCCCOc1ccc(C(=O)Oc2ccc(C=NNC(=O)C(=O)Nc3ccccc3C(=O)N3CCOCC3)cc2)cc1. The zero-order chi connectivity index (χ0) is 29.7. The van der Waals surface area contributed by atoms with Crippen LogP contribution in [0.3, 0.4) is 0 Å². The third-order valence-corrected chi connectivity index (χ3v) is 6.24. The van der Waals surface area contributed by atoms with E-state index in [0.29, 0.717) is 55.5 Å². The van der Waals surface area contributed by atoms with Crippen LogP contribution < -0.4 is 20.2 Å². The first kappa shape index (κ1) is 29.9. The highest BCUT2D eigenvalue weighted by molar-refractivity contribution is 6.40. The molecule has 218 valence electrons. The van der Waals surface area contributed by atoms with Gasteiger partial charge in [0.15, 0.2) is 0 Å². The van der Waals surface area contributed by atoms with Crippen molar-refractivity contribution in [1.82, 2.24) is 10.3 Å². The van der Waals surface area contributed by atoms with E-state index >= 15 is 0 Å². The Bertz CT molecular complexity index is 1420. The molecule has 11 heteroatoms. The van der Waals surface area contributed by atoms with Crippen LogP contribution in [-0.4, -0.2) is 67.7 Å². The number of esters is 1. The van der Waals surface area contributed by atoms with Crippen molar-refractivity contribution in [1.29, 1.82) is 0 Å². The number of carbonyl (C=O) groups excluding carboxylic acids is 4. The Morgan fingerprint density at radius 1 is 0.905 bits per heavy atom. The number of carbonyl (C=O) groups is 4. The van der Waals surface area contributed by atoms with E-state index < -0.39 is 17.8 Å². The fraction of sp³-hybridized carbons (Fsp3) is 0.258. The van der Waals surface area contributed by atoms with E-state index in [4.69, 9.17) is 14.2 Å². The first-order chi connectivity index (χ1) is 20.4. The van der Waals surface area contributed by atoms with E-state index in [1.54, 1.807) is 77.7 Å². The van der Waals surface area contributed by atoms with Crippen molar-refractivity contribution in [3.05, 3.63) is 89.5 Å². The maximum atomic E-state index is 12.9. The van der Waals surface area contributed by atoms with Gasteiger partial charge in [-0.3, -0.25) is 14.4 Å². The quantitative estimate of drug-likeness (QED) is 0.0946. The number of nitrogens with zero attached hydrogens (tertiary/aromatic N) is 2. The number of hydrogen-bond acceptors (Lipinski definition) is 8. The Kier molecular flexibility index (Phi) is 10.8. The third-order valence-electron chi connectivity index (χ3n) is 6.24. The maximum absolute atomic E-state index is 12.9. The van der Waals surface area contributed by atoms with Gasteiger partial charge in [-0.25, -0.2) is 10.2 Å². The fourth-order valence-corrected chi connectivity index (χ4v) is 3.92. The first-order valence-electron chi connectivity index (χ1n) is 13.6. The smallest absolute Gasteiger partial charge is 0.343 e. The van der Waals surface area contributed by atoms with E-state index in [1.165, 1.54) is 6.21 Å². The number of rotatable bonds is 10. The van der Waals surface area contributed by atoms with Gasteiger partial charge in [0.2, 0.25) is 0 Å². The van der Waals surface area contributed by atoms with Crippen molar-refractivity contribution in [2.24, 2.45) is 5.10 Å². The summed E-state index contributed by atoms with van der Waals surface area (Å²) in [6.07, 6.45) is 3.33. The second-order valence-corrected chi connectivity index (χ2v) is 9.29. The average Bonchev–Trinajstić information content (AvgIpc) is 3.02. The number of hydrazone groups is 1. The Morgan fingerprint density at radius 3 is 2.31 bits per heavy atom. The van der Waals surface area contributed by atoms with Gasteiger partial charge in [0, 0.05) is 13.1 Å². The lowest BCUT2D eigenvalue weighted by Crippen LogP contribution is -2.41. The highest BCUT2D eigenvalue weighted by Gasteiger charge is 2.23. The van der Waals surface area contributed by atoms with Crippen LogP contribution in [0, 0.1) is 0 Å². The van der Waals surface area contributed by atoms with Crippen LogP contribution in [-0.2, 0) is 14.3 Å². The largest absolute Gasteiger partial charge is 0.494 e. The van der Waals surface area contributed by atoms with Crippen molar-refractivity contribution >= 4 is 35.6 Å². The van der Waals surface area contributed by atoms with Gasteiger partial charge in [0.1, 0.15) is 11.5 Å². The minimum absolute atomic E-state index is 0.222. The van der Waals surface area contributed by atoms with Gasteiger partial charge < -0.3 is 24.4 Å². The standard InChI is InChI=1S/C31H32N4O7/c1-2-3-18-41-24-14-10-23(11-15-24)31(39)42-25-12-8-22(9-13-25)21-32-34-29(37)28(36)33-27-7-5-4-6-26(27)30(38)35-16-19-40-20-17-35/h4-15,21H,2-3,16-20H2,1H3,(H,33,36)(H,34,37). The van der Waals surface area contributed by atoms with Crippen LogP contribution in [0.2, 0.25) is 0 Å². The summed E-state index contributed by atoms with van der Waals surface area (Å²) in [4.78, 5) is 51.7. The average molecular weight is 573 g/mol. The summed E-state index contributed by atoms with van der Waals surface area (Å²) in [5.41, 5.74) is 3.64. The van der Waals surface area contributed by atoms with Crippen molar-refractivity contribution in [2.75, 3.05) is 38.2 Å². The summed E-state index contributed by atoms with van der Waals surface area (Å²) in [6.45, 7) is 4.49. The van der Waals surface area contributed by atoms with Gasteiger partial charge in [-0.2, -0.15) is 5.10 Å². The molecule has 3 amide bonds. The topological polar surface area (TPSA) is 136 Å². The van der Waals surface area contributed by atoms with Crippen molar-refractivity contribution in [3.63, 3.8) is 0 Å². The summed E-state index contributed by atoms with van der Waals surface area (Å²) in [5.74, 6) is -1.73. The summed E-state index contributed by atoms with van der Waals surface area (Å²) >= 11 is 0. The number of morpholine rings is 1. The molecule has 1 aliphatic heterocycles. The van der Waals surface area contributed by atoms with E-state index in [2.05, 4.69) is 22.8 Å². The van der Waals surface area contributed by atoms with Crippen LogP contribution >= 0.6 is 0 Å². The number of unbranched alkanes of at least 4 members (excludes halogenated alkanes) is 1. The van der Waals surface area contributed by atoms with E-state index in [0.717, 1.165) is 12.8 Å². The number of benzene rings is 3. The molecule has 1 heterocycles. The predicted molar refractivity (Wildman–Crippen MR) is 156 cm³/mol. The molecule has 1 fully saturated rings. The Balaban J connectivity index is 1.26. The molecule has 0 aromatic heterocycles. The van der Waals surface area contributed by atoms with Crippen LogP contribution in [0.5, 0.6) is 11.5 Å². The Hall–Kier alpha value is -5.03. The van der Waals surface area contributed by atoms with E-state index in [-0.39, 0.29) is 17.2 Å². The van der Waals surface area contributed by atoms with Gasteiger partial charge in [0.05, 0.1) is 42.8 Å². The summed E-state index contributed by atoms with van der Waals surface area (Å²) in [6, 6.07) is 19.6. The van der Waals surface area contributed by atoms with Crippen LogP contribution in [0.1, 0.15) is 46.0 Å².